The van der Waals surface area contributed by atoms with Crippen molar-refractivity contribution in [3.63, 3.8) is 0 Å². The molecule has 1 fully saturated rings. The third kappa shape index (κ3) is 3.06. The first kappa shape index (κ1) is 14.3. The fourth-order valence-electron chi connectivity index (χ4n) is 2.64. The minimum Gasteiger partial charge on any atom is -0.363 e. The Morgan fingerprint density at radius 3 is 2.74 bits per heavy atom. The van der Waals surface area contributed by atoms with Gasteiger partial charge in [0.05, 0.1) is 5.69 Å². The second-order valence-electron chi connectivity index (χ2n) is 5.57. The lowest BCUT2D eigenvalue weighted by atomic mass is 9.97. The second-order valence-corrected chi connectivity index (χ2v) is 5.57. The van der Waals surface area contributed by atoms with E-state index >= 15 is 0 Å². The van der Waals surface area contributed by atoms with Gasteiger partial charge in [-0.1, -0.05) is 20.8 Å². The first-order chi connectivity index (χ1) is 9.02. The Hall–Kier alpha value is -1.16. The molecule has 1 heterocycles. The largest absolute Gasteiger partial charge is 0.363 e. The van der Waals surface area contributed by atoms with E-state index in [0.29, 0.717) is 17.6 Å². The zero-order valence-electron chi connectivity index (χ0n) is 11.8. The van der Waals surface area contributed by atoms with E-state index in [1.54, 1.807) is 0 Å². The molecule has 2 atom stereocenters. The molecule has 106 valence electrons. The summed E-state index contributed by atoms with van der Waals surface area (Å²) in [5.74, 6) is -0.257. The van der Waals surface area contributed by atoms with Crippen molar-refractivity contribution in [2.24, 2.45) is 5.92 Å². The molecule has 1 N–H and O–H groups in total. The summed E-state index contributed by atoms with van der Waals surface area (Å²) in [4.78, 5) is 2.01. The van der Waals surface area contributed by atoms with Crippen LogP contribution in [0, 0.1) is 17.6 Å². The van der Waals surface area contributed by atoms with E-state index in [2.05, 4.69) is 26.1 Å². The summed E-state index contributed by atoms with van der Waals surface area (Å²) < 4.78 is 27.3. The Bertz CT molecular complexity index is 434. The highest BCUT2D eigenvalue weighted by molar-refractivity contribution is 5.50. The monoisotopic (exact) mass is 268 g/mol. The molecule has 1 saturated heterocycles. The van der Waals surface area contributed by atoms with Crippen LogP contribution in [0.25, 0.3) is 0 Å². The molecule has 19 heavy (non-hydrogen) atoms. The van der Waals surface area contributed by atoms with Crippen LogP contribution >= 0.6 is 0 Å². The first-order valence-corrected chi connectivity index (χ1v) is 6.98. The van der Waals surface area contributed by atoms with Crippen LogP contribution in [0.3, 0.4) is 0 Å². The molecule has 0 aromatic heterocycles. The van der Waals surface area contributed by atoms with Crippen LogP contribution < -0.4 is 10.2 Å². The summed E-state index contributed by atoms with van der Waals surface area (Å²) in [6.45, 7) is 7.90. The van der Waals surface area contributed by atoms with Gasteiger partial charge in [0, 0.05) is 31.2 Å². The van der Waals surface area contributed by atoms with Crippen LogP contribution in [-0.2, 0) is 0 Å². The number of hydrogen-bond acceptors (Lipinski definition) is 2. The van der Waals surface area contributed by atoms with Gasteiger partial charge in [-0.3, -0.25) is 0 Å². The molecule has 0 saturated carbocycles. The van der Waals surface area contributed by atoms with Crippen LogP contribution in [0.2, 0.25) is 0 Å². The standard InChI is InChI=1S/C15H22F2N2/c1-4-12-8-18-14(10(2)3)9-19(12)15-7-11(16)5-6-13(15)17/h5-7,10,12,14,18H,4,8-9H2,1-3H3. The average Bonchev–Trinajstić information content (AvgIpc) is 2.40. The summed E-state index contributed by atoms with van der Waals surface area (Å²) in [7, 11) is 0. The van der Waals surface area contributed by atoms with Crippen LogP contribution in [0.4, 0.5) is 14.5 Å². The topological polar surface area (TPSA) is 15.3 Å². The summed E-state index contributed by atoms with van der Waals surface area (Å²) in [5.41, 5.74) is 0.388. The van der Waals surface area contributed by atoms with E-state index in [0.717, 1.165) is 19.5 Å². The zero-order valence-corrected chi connectivity index (χ0v) is 11.8. The average molecular weight is 268 g/mol. The van der Waals surface area contributed by atoms with Crippen LogP contribution in [0.15, 0.2) is 18.2 Å². The van der Waals surface area contributed by atoms with Gasteiger partial charge in [0.1, 0.15) is 11.6 Å². The van der Waals surface area contributed by atoms with Gasteiger partial charge in [-0.25, -0.2) is 8.78 Å². The highest BCUT2D eigenvalue weighted by Gasteiger charge is 2.30. The molecule has 2 nitrogen and oxygen atoms in total. The Labute approximate surface area is 113 Å². The predicted molar refractivity (Wildman–Crippen MR) is 74.4 cm³/mol. The minimum absolute atomic E-state index is 0.214. The Balaban J connectivity index is 2.29. The number of anilines is 1. The fraction of sp³-hybridized carbons (Fsp3) is 0.600. The second kappa shape index (κ2) is 5.87. The van der Waals surface area contributed by atoms with Gasteiger partial charge in [-0.2, -0.15) is 0 Å². The quantitative estimate of drug-likeness (QED) is 0.905. The van der Waals surface area contributed by atoms with Crippen molar-refractivity contribution in [3.05, 3.63) is 29.8 Å². The van der Waals surface area contributed by atoms with Crippen molar-refractivity contribution in [2.45, 2.75) is 39.3 Å². The number of halogens is 2. The van der Waals surface area contributed by atoms with E-state index in [1.165, 1.54) is 18.2 Å². The van der Waals surface area contributed by atoms with Gasteiger partial charge < -0.3 is 10.2 Å². The molecule has 2 unspecified atom stereocenters. The number of rotatable bonds is 3. The molecule has 1 aromatic rings. The van der Waals surface area contributed by atoms with E-state index in [4.69, 9.17) is 0 Å². The number of nitrogens with one attached hydrogen (secondary N) is 1. The predicted octanol–water partition coefficient (Wildman–Crippen LogP) is 3.18. The smallest absolute Gasteiger partial charge is 0.146 e. The molecular formula is C15H22F2N2. The lowest BCUT2D eigenvalue weighted by molar-refractivity contribution is 0.323. The van der Waals surface area contributed by atoms with Crippen molar-refractivity contribution in [2.75, 3.05) is 18.0 Å². The van der Waals surface area contributed by atoms with Crippen LogP contribution in [-0.4, -0.2) is 25.2 Å². The molecule has 1 aliphatic rings. The maximum Gasteiger partial charge on any atom is 0.146 e. The molecule has 0 amide bonds. The highest BCUT2D eigenvalue weighted by atomic mass is 19.1. The van der Waals surface area contributed by atoms with E-state index in [1.807, 2.05) is 4.90 Å². The van der Waals surface area contributed by atoms with Gasteiger partial charge in [-0.15, -0.1) is 0 Å². The first-order valence-electron chi connectivity index (χ1n) is 6.98. The molecular weight excluding hydrogens is 246 g/mol. The molecule has 1 aliphatic heterocycles. The van der Waals surface area contributed by atoms with Crippen LogP contribution in [0.1, 0.15) is 27.2 Å². The number of benzene rings is 1. The molecule has 0 bridgehead atoms. The summed E-state index contributed by atoms with van der Waals surface area (Å²) >= 11 is 0. The van der Waals surface area contributed by atoms with E-state index in [9.17, 15) is 8.78 Å². The lowest BCUT2D eigenvalue weighted by Gasteiger charge is -2.43. The van der Waals surface area contributed by atoms with Crippen LogP contribution in [0.5, 0.6) is 0 Å². The zero-order chi connectivity index (χ0) is 14.0. The van der Waals surface area contributed by atoms with E-state index < -0.39 is 0 Å². The molecule has 0 spiro atoms. The Kier molecular flexibility index (Phi) is 4.40. The molecule has 0 aliphatic carbocycles. The van der Waals surface area contributed by atoms with Gasteiger partial charge in [0.15, 0.2) is 0 Å². The molecule has 2 rings (SSSR count). The minimum atomic E-state index is -0.383. The fourth-order valence-corrected chi connectivity index (χ4v) is 2.64. The lowest BCUT2D eigenvalue weighted by Crippen LogP contribution is -2.58. The summed E-state index contributed by atoms with van der Waals surface area (Å²) in [6, 6.07) is 4.21. The van der Waals surface area contributed by atoms with Crippen molar-refractivity contribution in [1.82, 2.24) is 5.32 Å². The third-order valence-corrected chi connectivity index (χ3v) is 3.94. The van der Waals surface area contributed by atoms with Gasteiger partial charge in [0.25, 0.3) is 0 Å². The molecule has 4 heteroatoms. The third-order valence-electron chi connectivity index (χ3n) is 3.94. The maximum atomic E-state index is 14.0. The Morgan fingerprint density at radius 2 is 2.11 bits per heavy atom. The van der Waals surface area contributed by atoms with Crippen molar-refractivity contribution in [1.29, 1.82) is 0 Å². The van der Waals surface area contributed by atoms with Gasteiger partial charge in [-0.05, 0) is 24.5 Å². The van der Waals surface area contributed by atoms with Gasteiger partial charge >= 0.3 is 0 Å². The van der Waals surface area contributed by atoms with Gasteiger partial charge in [0.2, 0.25) is 0 Å². The molecule has 0 radical (unpaired) electrons. The number of hydrogen-bond donors (Lipinski definition) is 1. The molecule has 1 aromatic carbocycles. The Morgan fingerprint density at radius 1 is 1.37 bits per heavy atom. The van der Waals surface area contributed by atoms with Crippen molar-refractivity contribution >= 4 is 5.69 Å². The SMILES string of the molecule is CCC1CNC(C(C)C)CN1c1cc(F)ccc1F. The van der Waals surface area contributed by atoms with E-state index in [-0.39, 0.29) is 17.7 Å². The number of piperazine rings is 1. The number of nitrogens with zero attached hydrogens (tertiary/aromatic N) is 1. The summed E-state index contributed by atoms with van der Waals surface area (Å²) in [6.07, 6.45) is 0.910. The summed E-state index contributed by atoms with van der Waals surface area (Å²) in [5, 5.41) is 3.50. The normalized spacial score (nSPS) is 24.0. The van der Waals surface area contributed by atoms with Crippen molar-refractivity contribution in [3.8, 4) is 0 Å². The maximum absolute atomic E-state index is 14.0. The highest BCUT2D eigenvalue weighted by Crippen LogP contribution is 2.26. The van der Waals surface area contributed by atoms with Crippen molar-refractivity contribution < 1.29 is 8.78 Å².